The SMILES string of the molecule is CO[C@H](C(=O)N1N=C(c2cccc(Br)c2)C[C@H]1c1cccc(Cl)c1Cl)c1ccccc1. The molecular formula is C24H19BrCl2N2O2. The first-order chi connectivity index (χ1) is 15.0. The molecule has 0 bridgehead atoms. The summed E-state index contributed by atoms with van der Waals surface area (Å²) in [6, 6.07) is 22.3. The van der Waals surface area contributed by atoms with E-state index in [9.17, 15) is 4.79 Å². The van der Waals surface area contributed by atoms with Crippen LogP contribution in [0.1, 0.15) is 35.3 Å². The van der Waals surface area contributed by atoms with Crippen LogP contribution in [0.2, 0.25) is 10.0 Å². The quantitative estimate of drug-likeness (QED) is 0.372. The number of halogens is 3. The van der Waals surface area contributed by atoms with Crippen molar-refractivity contribution in [3.05, 3.63) is 104 Å². The zero-order valence-corrected chi connectivity index (χ0v) is 19.7. The van der Waals surface area contributed by atoms with E-state index >= 15 is 0 Å². The summed E-state index contributed by atoms with van der Waals surface area (Å²) >= 11 is 16.3. The van der Waals surface area contributed by atoms with Crippen LogP contribution in [-0.2, 0) is 9.53 Å². The van der Waals surface area contributed by atoms with Crippen LogP contribution < -0.4 is 0 Å². The minimum Gasteiger partial charge on any atom is -0.367 e. The third kappa shape index (κ3) is 4.55. The molecule has 0 aromatic heterocycles. The van der Waals surface area contributed by atoms with Crippen molar-refractivity contribution in [2.24, 2.45) is 5.10 Å². The third-order valence-corrected chi connectivity index (χ3v) is 6.52. The van der Waals surface area contributed by atoms with Crippen molar-refractivity contribution in [1.82, 2.24) is 5.01 Å². The van der Waals surface area contributed by atoms with Crippen LogP contribution in [0.15, 0.2) is 82.4 Å². The number of nitrogens with zero attached hydrogens (tertiary/aromatic N) is 2. The Hall–Kier alpha value is -2.18. The Morgan fingerprint density at radius 2 is 1.84 bits per heavy atom. The van der Waals surface area contributed by atoms with E-state index in [4.69, 9.17) is 33.0 Å². The lowest BCUT2D eigenvalue weighted by Crippen LogP contribution is -2.32. The number of ether oxygens (including phenoxy) is 1. The molecule has 0 unspecified atom stereocenters. The van der Waals surface area contributed by atoms with Crippen LogP contribution in [0.5, 0.6) is 0 Å². The standard InChI is InChI=1S/C24H19BrCl2N2O2/c1-31-23(15-7-3-2-4-8-15)24(30)29-21(18-11-6-12-19(26)22(18)27)14-20(28-29)16-9-5-10-17(25)13-16/h2-13,21,23H,14H2,1H3/t21-,23-/m0/s1. The van der Waals surface area contributed by atoms with E-state index < -0.39 is 12.1 Å². The van der Waals surface area contributed by atoms with Gasteiger partial charge in [0.25, 0.3) is 5.91 Å². The summed E-state index contributed by atoms with van der Waals surface area (Å²) in [6.45, 7) is 0. The summed E-state index contributed by atoms with van der Waals surface area (Å²) in [5, 5.41) is 7.06. The second-order valence-electron chi connectivity index (χ2n) is 7.13. The van der Waals surface area contributed by atoms with Gasteiger partial charge in [0.05, 0.1) is 21.8 Å². The molecule has 0 saturated carbocycles. The maximum Gasteiger partial charge on any atom is 0.276 e. The van der Waals surface area contributed by atoms with Gasteiger partial charge in [-0.25, -0.2) is 5.01 Å². The predicted molar refractivity (Wildman–Crippen MR) is 128 cm³/mol. The zero-order valence-electron chi connectivity index (χ0n) is 16.6. The number of hydrazone groups is 1. The lowest BCUT2D eigenvalue weighted by atomic mass is 9.97. The van der Waals surface area contributed by atoms with E-state index in [0.29, 0.717) is 16.5 Å². The smallest absolute Gasteiger partial charge is 0.276 e. The van der Waals surface area contributed by atoms with E-state index in [0.717, 1.165) is 26.9 Å². The fourth-order valence-electron chi connectivity index (χ4n) is 3.70. The predicted octanol–water partition coefficient (Wildman–Crippen LogP) is 6.82. The number of rotatable bonds is 5. The van der Waals surface area contributed by atoms with Crippen molar-refractivity contribution in [3.63, 3.8) is 0 Å². The van der Waals surface area contributed by atoms with Crippen LogP contribution >= 0.6 is 39.1 Å². The van der Waals surface area contributed by atoms with Crippen LogP contribution in [0, 0.1) is 0 Å². The molecule has 1 amide bonds. The Morgan fingerprint density at radius 3 is 2.55 bits per heavy atom. The minimum absolute atomic E-state index is 0.264. The molecule has 0 radical (unpaired) electrons. The van der Waals surface area contributed by atoms with Gasteiger partial charge in [-0.2, -0.15) is 5.10 Å². The van der Waals surface area contributed by atoms with E-state index in [-0.39, 0.29) is 5.91 Å². The molecule has 7 heteroatoms. The molecule has 4 rings (SSSR count). The van der Waals surface area contributed by atoms with Gasteiger partial charge >= 0.3 is 0 Å². The lowest BCUT2D eigenvalue weighted by molar-refractivity contribution is -0.144. The highest BCUT2D eigenvalue weighted by Gasteiger charge is 2.38. The summed E-state index contributed by atoms with van der Waals surface area (Å²) in [4.78, 5) is 13.6. The highest BCUT2D eigenvalue weighted by atomic mass is 79.9. The van der Waals surface area contributed by atoms with E-state index in [1.807, 2.05) is 66.7 Å². The van der Waals surface area contributed by atoms with E-state index in [1.54, 1.807) is 6.07 Å². The van der Waals surface area contributed by atoms with Crippen LogP contribution in [0.4, 0.5) is 0 Å². The van der Waals surface area contributed by atoms with Gasteiger partial charge in [0.2, 0.25) is 0 Å². The summed E-state index contributed by atoms with van der Waals surface area (Å²) in [6.07, 6.45) is -0.278. The second kappa shape index (κ2) is 9.53. The summed E-state index contributed by atoms with van der Waals surface area (Å²) in [5.74, 6) is -0.264. The fraction of sp³-hybridized carbons (Fsp3) is 0.167. The van der Waals surface area contributed by atoms with Crippen molar-refractivity contribution in [2.45, 2.75) is 18.6 Å². The highest BCUT2D eigenvalue weighted by molar-refractivity contribution is 9.10. The van der Waals surface area contributed by atoms with Gasteiger partial charge < -0.3 is 4.74 Å². The number of hydrogen-bond donors (Lipinski definition) is 0. The molecule has 1 aliphatic heterocycles. The molecule has 1 aliphatic rings. The van der Waals surface area contributed by atoms with Gasteiger partial charge in [0, 0.05) is 18.0 Å². The molecule has 4 nitrogen and oxygen atoms in total. The van der Waals surface area contributed by atoms with E-state index in [2.05, 4.69) is 15.9 Å². The minimum atomic E-state index is -0.785. The average Bonchev–Trinajstić information content (AvgIpc) is 3.22. The Labute approximate surface area is 199 Å². The molecular weight excluding hydrogens is 499 g/mol. The second-order valence-corrected chi connectivity index (χ2v) is 8.83. The molecule has 0 spiro atoms. The van der Waals surface area contributed by atoms with Crippen molar-refractivity contribution in [1.29, 1.82) is 0 Å². The maximum absolute atomic E-state index is 13.6. The first-order valence-electron chi connectivity index (χ1n) is 9.67. The fourth-order valence-corrected chi connectivity index (χ4v) is 4.54. The summed E-state index contributed by atoms with van der Waals surface area (Å²) < 4.78 is 6.52. The molecule has 2 atom stereocenters. The monoisotopic (exact) mass is 516 g/mol. The Kier molecular flexibility index (Phi) is 6.77. The van der Waals surface area contributed by atoms with Crippen molar-refractivity contribution < 1.29 is 9.53 Å². The maximum atomic E-state index is 13.6. The van der Waals surface area contributed by atoms with Gasteiger partial charge in [-0.1, -0.05) is 93.7 Å². The zero-order chi connectivity index (χ0) is 22.0. The molecule has 158 valence electrons. The van der Waals surface area contributed by atoms with Crippen LogP contribution in [0.3, 0.4) is 0 Å². The number of methoxy groups -OCH3 is 1. The number of amides is 1. The summed E-state index contributed by atoms with van der Waals surface area (Å²) in [7, 11) is 1.52. The van der Waals surface area contributed by atoms with Crippen LogP contribution in [0.25, 0.3) is 0 Å². The first kappa shape index (κ1) is 22.0. The van der Waals surface area contributed by atoms with Gasteiger partial charge in [0.1, 0.15) is 0 Å². The Bertz CT molecular complexity index is 1140. The largest absolute Gasteiger partial charge is 0.367 e. The van der Waals surface area contributed by atoms with Crippen molar-refractivity contribution in [2.75, 3.05) is 7.11 Å². The number of benzene rings is 3. The van der Waals surface area contributed by atoms with Crippen LogP contribution in [-0.4, -0.2) is 23.7 Å². The topological polar surface area (TPSA) is 41.9 Å². The lowest BCUT2D eigenvalue weighted by Gasteiger charge is -2.26. The molecule has 3 aromatic carbocycles. The normalized spacial score (nSPS) is 16.8. The summed E-state index contributed by atoms with van der Waals surface area (Å²) in [5.41, 5.74) is 3.23. The number of carbonyl (C=O) groups is 1. The van der Waals surface area contributed by atoms with E-state index in [1.165, 1.54) is 12.1 Å². The third-order valence-electron chi connectivity index (χ3n) is 5.20. The average molecular weight is 518 g/mol. The number of carbonyl (C=O) groups excluding carboxylic acids is 1. The van der Waals surface area contributed by atoms with Gasteiger partial charge in [-0.15, -0.1) is 0 Å². The number of hydrogen-bond acceptors (Lipinski definition) is 3. The van der Waals surface area contributed by atoms with Gasteiger partial charge in [-0.05, 0) is 34.9 Å². The molecule has 0 N–H and O–H groups in total. The molecule has 0 saturated heterocycles. The molecule has 1 heterocycles. The van der Waals surface area contributed by atoms with Gasteiger partial charge in [-0.3, -0.25) is 4.79 Å². The molecule has 0 fully saturated rings. The molecule has 31 heavy (non-hydrogen) atoms. The Balaban J connectivity index is 1.77. The van der Waals surface area contributed by atoms with Crippen molar-refractivity contribution >= 4 is 50.8 Å². The first-order valence-corrected chi connectivity index (χ1v) is 11.2. The molecule has 3 aromatic rings. The van der Waals surface area contributed by atoms with Crippen molar-refractivity contribution in [3.8, 4) is 0 Å². The highest BCUT2D eigenvalue weighted by Crippen LogP contribution is 2.40. The molecule has 0 aliphatic carbocycles. The van der Waals surface area contributed by atoms with Gasteiger partial charge in [0.15, 0.2) is 6.10 Å². The Morgan fingerprint density at radius 1 is 1.10 bits per heavy atom.